The summed E-state index contributed by atoms with van der Waals surface area (Å²) in [5.41, 5.74) is 3.90. The molecule has 0 spiro atoms. The minimum absolute atomic E-state index is 0.137. The Morgan fingerprint density at radius 3 is 1.44 bits per heavy atom. The fraction of sp³-hybridized carbons (Fsp3) is 0.538. The van der Waals surface area contributed by atoms with Crippen molar-refractivity contribution in [1.29, 1.82) is 0 Å². The third-order valence-corrected chi connectivity index (χ3v) is 7.60. The first-order valence-electron chi connectivity index (χ1n) is 13.0. The van der Waals surface area contributed by atoms with Gasteiger partial charge in [0.05, 0.1) is 11.0 Å². The lowest BCUT2D eigenvalue weighted by Gasteiger charge is -2.37. The highest BCUT2D eigenvalue weighted by Gasteiger charge is 2.33. The molecule has 2 heterocycles. The summed E-state index contributed by atoms with van der Waals surface area (Å²) in [5, 5.41) is 26.4. The molecular weight excluding hydrogens is 424 g/mol. The number of fused-ring (bicyclic) bond motifs is 2. The van der Waals surface area contributed by atoms with E-state index in [0.29, 0.717) is 12.1 Å². The molecule has 6 rings (SSSR count). The summed E-state index contributed by atoms with van der Waals surface area (Å²) in [6, 6.07) is 17.4. The molecule has 8 heteroatoms. The van der Waals surface area contributed by atoms with Gasteiger partial charge in [-0.05, 0) is 49.9 Å². The number of nitrogens with one attached hydrogen (secondary N) is 2. The van der Waals surface area contributed by atoms with Crippen LogP contribution in [0.1, 0.15) is 76.5 Å². The minimum atomic E-state index is -0.137. The van der Waals surface area contributed by atoms with Crippen molar-refractivity contribution in [2.24, 2.45) is 0 Å². The van der Waals surface area contributed by atoms with Crippen LogP contribution in [0.15, 0.2) is 48.5 Å². The Labute approximate surface area is 200 Å². The summed E-state index contributed by atoms with van der Waals surface area (Å²) in [6.07, 6.45) is 12.2. The fourth-order valence-electron chi connectivity index (χ4n) is 5.80. The van der Waals surface area contributed by atoms with E-state index in [9.17, 15) is 0 Å². The summed E-state index contributed by atoms with van der Waals surface area (Å²) < 4.78 is 4.14. The van der Waals surface area contributed by atoms with Gasteiger partial charge < -0.3 is 0 Å². The van der Waals surface area contributed by atoms with Crippen LogP contribution in [0.3, 0.4) is 0 Å². The molecule has 8 nitrogen and oxygen atoms in total. The Morgan fingerprint density at radius 1 is 0.588 bits per heavy atom. The van der Waals surface area contributed by atoms with Crippen molar-refractivity contribution in [2.45, 2.75) is 88.6 Å². The molecule has 2 aromatic heterocycles. The van der Waals surface area contributed by atoms with E-state index in [4.69, 9.17) is 0 Å². The number of benzene rings is 2. The number of nitrogens with zero attached hydrogens (tertiary/aromatic N) is 6. The highest BCUT2D eigenvalue weighted by atomic mass is 15.5. The lowest BCUT2D eigenvalue weighted by atomic mass is 9.94. The van der Waals surface area contributed by atoms with Crippen LogP contribution in [0.5, 0.6) is 0 Å². The minimum Gasteiger partial charge on any atom is -0.290 e. The van der Waals surface area contributed by atoms with Crippen LogP contribution in [0.25, 0.3) is 22.1 Å². The van der Waals surface area contributed by atoms with Gasteiger partial charge in [-0.25, -0.2) is 9.36 Å². The zero-order valence-electron chi connectivity index (χ0n) is 19.7. The van der Waals surface area contributed by atoms with Crippen molar-refractivity contribution in [3.05, 3.63) is 48.5 Å². The van der Waals surface area contributed by atoms with Crippen LogP contribution in [0.4, 0.5) is 0 Å². The highest BCUT2D eigenvalue weighted by molar-refractivity contribution is 5.75. The zero-order valence-corrected chi connectivity index (χ0v) is 19.7. The Balaban J connectivity index is 1.45. The van der Waals surface area contributed by atoms with Crippen molar-refractivity contribution in [3.8, 4) is 0 Å². The first-order valence-corrected chi connectivity index (χ1v) is 13.0. The largest absolute Gasteiger partial charge is 0.290 e. The van der Waals surface area contributed by atoms with Crippen LogP contribution in [0, 0.1) is 0 Å². The van der Waals surface area contributed by atoms with Gasteiger partial charge in [-0.15, -0.1) is 10.2 Å². The second-order valence-corrected chi connectivity index (χ2v) is 9.94. The lowest BCUT2D eigenvalue weighted by molar-refractivity contribution is 0.151. The molecule has 0 amide bonds. The molecule has 0 bridgehead atoms. The fourth-order valence-corrected chi connectivity index (χ4v) is 5.80. The monoisotopic (exact) mass is 458 g/mol. The summed E-state index contributed by atoms with van der Waals surface area (Å²) >= 11 is 0. The maximum Gasteiger partial charge on any atom is 0.140 e. The summed E-state index contributed by atoms with van der Waals surface area (Å²) in [7, 11) is 0. The maximum absolute atomic E-state index is 4.67. The molecule has 2 saturated carbocycles. The van der Waals surface area contributed by atoms with Crippen molar-refractivity contribution in [3.63, 3.8) is 0 Å². The average Bonchev–Trinajstić information content (AvgIpc) is 3.52. The summed E-state index contributed by atoms with van der Waals surface area (Å²) in [5.74, 6) is 0. The summed E-state index contributed by atoms with van der Waals surface area (Å²) in [4.78, 5) is 0. The Bertz CT molecular complexity index is 1120. The molecule has 0 saturated heterocycles. The van der Waals surface area contributed by atoms with Crippen LogP contribution < -0.4 is 10.6 Å². The van der Waals surface area contributed by atoms with Crippen LogP contribution in [-0.4, -0.2) is 42.1 Å². The molecule has 34 heavy (non-hydrogen) atoms. The second-order valence-electron chi connectivity index (χ2n) is 9.94. The van der Waals surface area contributed by atoms with Gasteiger partial charge in [0.2, 0.25) is 0 Å². The molecule has 2 aromatic carbocycles. The van der Waals surface area contributed by atoms with E-state index in [1.54, 1.807) is 0 Å². The van der Waals surface area contributed by atoms with Crippen LogP contribution in [-0.2, 0) is 0 Å². The molecule has 2 atom stereocenters. The zero-order chi connectivity index (χ0) is 22.7. The molecule has 4 aromatic rings. The molecule has 2 aliphatic rings. The van der Waals surface area contributed by atoms with E-state index in [0.717, 1.165) is 22.1 Å². The van der Waals surface area contributed by atoms with E-state index >= 15 is 0 Å². The van der Waals surface area contributed by atoms with Gasteiger partial charge in [0.15, 0.2) is 0 Å². The number of para-hydroxylation sites is 2. The maximum atomic E-state index is 4.67. The molecule has 0 aliphatic heterocycles. The quantitative estimate of drug-likeness (QED) is 0.417. The van der Waals surface area contributed by atoms with E-state index in [2.05, 4.69) is 64.9 Å². The molecule has 0 unspecified atom stereocenters. The third kappa shape index (κ3) is 4.32. The van der Waals surface area contributed by atoms with Gasteiger partial charge >= 0.3 is 0 Å². The molecule has 178 valence electrons. The number of hydrogen-bond donors (Lipinski definition) is 2. The Morgan fingerprint density at radius 2 is 1.00 bits per heavy atom. The van der Waals surface area contributed by atoms with Gasteiger partial charge in [-0.1, -0.05) is 73.2 Å². The first kappa shape index (κ1) is 21.7. The van der Waals surface area contributed by atoms with Crippen LogP contribution >= 0.6 is 0 Å². The van der Waals surface area contributed by atoms with Crippen molar-refractivity contribution < 1.29 is 0 Å². The highest BCUT2D eigenvalue weighted by Crippen LogP contribution is 2.30. The van der Waals surface area contributed by atoms with Crippen LogP contribution in [0.2, 0.25) is 0 Å². The van der Waals surface area contributed by atoms with E-state index in [1.807, 2.05) is 24.3 Å². The predicted octanol–water partition coefficient (Wildman–Crippen LogP) is 4.72. The normalized spacial score (nSPS) is 20.1. The number of aromatic nitrogens is 6. The molecule has 0 radical (unpaired) electrons. The van der Waals surface area contributed by atoms with E-state index < -0.39 is 0 Å². The average molecular weight is 459 g/mol. The number of rotatable bonds is 7. The SMILES string of the molecule is c1ccc2c(c1)nnn2[C@H](NC1CCCCC1)[C@H](NC1CCCCC1)n1nnc2ccccc21. The Hall–Kier alpha value is -2.84. The van der Waals surface area contributed by atoms with Gasteiger partial charge in [0.25, 0.3) is 0 Å². The standard InChI is InChI=1S/C26H34N8/c1-3-11-19(12-4-1)27-25(33-23-17-9-7-15-21(23)29-31-33)26(28-20-13-5-2-6-14-20)34-24-18-10-8-16-22(24)30-32-34/h7-10,15-20,25-28H,1-6,11-14H2/t25-,26+. The van der Waals surface area contributed by atoms with E-state index in [-0.39, 0.29) is 12.3 Å². The van der Waals surface area contributed by atoms with Crippen molar-refractivity contribution in [2.75, 3.05) is 0 Å². The molecule has 2 N–H and O–H groups in total. The van der Waals surface area contributed by atoms with Gasteiger partial charge in [0.1, 0.15) is 23.4 Å². The second kappa shape index (κ2) is 9.80. The predicted molar refractivity (Wildman–Crippen MR) is 133 cm³/mol. The third-order valence-electron chi connectivity index (χ3n) is 7.60. The number of hydrogen-bond acceptors (Lipinski definition) is 6. The summed E-state index contributed by atoms with van der Waals surface area (Å²) in [6.45, 7) is 0. The first-order chi connectivity index (χ1) is 16.9. The van der Waals surface area contributed by atoms with Crippen molar-refractivity contribution >= 4 is 22.1 Å². The lowest BCUT2D eigenvalue weighted by Crippen LogP contribution is -2.49. The van der Waals surface area contributed by atoms with Gasteiger partial charge in [-0.2, -0.15) is 0 Å². The van der Waals surface area contributed by atoms with Gasteiger partial charge in [-0.3, -0.25) is 10.6 Å². The van der Waals surface area contributed by atoms with E-state index in [1.165, 1.54) is 64.2 Å². The van der Waals surface area contributed by atoms with Crippen molar-refractivity contribution in [1.82, 2.24) is 40.6 Å². The molecular formula is C26H34N8. The molecule has 2 fully saturated rings. The van der Waals surface area contributed by atoms with Gasteiger partial charge in [0, 0.05) is 12.1 Å². The molecule has 2 aliphatic carbocycles. The topological polar surface area (TPSA) is 85.5 Å². The Kier molecular flexibility index (Phi) is 6.25. The smallest absolute Gasteiger partial charge is 0.140 e.